The standard InChI is InChI=1S/C17H22N4OS/c1-13-3-4-16(20-11-13)18-7-2-8-19-17(22)21-9-5-15-14(12-21)6-10-23-15/h3-4,6,10-11H,2,5,7-9,12H2,1H3,(H,18,20)(H,19,22). The number of rotatable bonds is 5. The lowest BCUT2D eigenvalue weighted by molar-refractivity contribution is 0.193. The quantitative estimate of drug-likeness (QED) is 0.829. The Hall–Kier alpha value is -2.08. The van der Waals surface area contributed by atoms with E-state index in [9.17, 15) is 4.79 Å². The highest BCUT2D eigenvalue weighted by Gasteiger charge is 2.20. The summed E-state index contributed by atoms with van der Waals surface area (Å²) in [7, 11) is 0. The van der Waals surface area contributed by atoms with Crippen molar-refractivity contribution in [1.29, 1.82) is 0 Å². The van der Waals surface area contributed by atoms with Crippen LogP contribution in [0.25, 0.3) is 0 Å². The Morgan fingerprint density at radius 1 is 1.35 bits per heavy atom. The summed E-state index contributed by atoms with van der Waals surface area (Å²) in [5.74, 6) is 0.878. The van der Waals surface area contributed by atoms with Crippen LogP contribution in [0.15, 0.2) is 29.8 Å². The number of aromatic nitrogens is 1. The molecular formula is C17H22N4OS. The maximum atomic E-state index is 12.2. The monoisotopic (exact) mass is 330 g/mol. The van der Waals surface area contributed by atoms with Crippen molar-refractivity contribution in [2.24, 2.45) is 0 Å². The first-order chi connectivity index (χ1) is 11.2. The first-order valence-electron chi connectivity index (χ1n) is 7.97. The van der Waals surface area contributed by atoms with Crippen LogP contribution in [-0.2, 0) is 13.0 Å². The number of hydrogen-bond acceptors (Lipinski definition) is 4. The van der Waals surface area contributed by atoms with Crippen LogP contribution in [0.2, 0.25) is 0 Å². The summed E-state index contributed by atoms with van der Waals surface area (Å²) in [5.41, 5.74) is 2.45. The van der Waals surface area contributed by atoms with Gasteiger partial charge in [-0.25, -0.2) is 9.78 Å². The van der Waals surface area contributed by atoms with Gasteiger partial charge in [0, 0.05) is 37.3 Å². The molecular weight excluding hydrogens is 308 g/mol. The molecule has 1 aliphatic rings. The van der Waals surface area contributed by atoms with E-state index >= 15 is 0 Å². The number of fused-ring (bicyclic) bond motifs is 1. The average molecular weight is 330 g/mol. The number of nitrogens with zero attached hydrogens (tertiary/aromatic N) is 2. The van der Waals surface area contributed by atoms with Gasteiger partial charge in [-0.1, -0.05) is 6.07 Å². The second-order valence-electron chi connectivity index (χ2n) is 5.77. The zero-order valence-corrected chi connectivity index (χ0v) is 14.2. The molecule has 0 bridgehead atoms. The van der Waals surface area contributed by atoms with E-state index in [4.69, 9.17) is 0 Å². The van der Waals surface area contributed by atoms with Crippen LogP contribution >= 0.6 is 11.3 Å². The summed E-state index contributed by atoms with van der Waals surface area (Å²) in [4.78, 5) is 19.8. The number of carbonyl (C=O) groups excluding carboxylic acids is 1. The minimum absolute atomic E-state index is 0.0373. The van der Waals surface area contributed by atoms with Gasteiger partial charge in [0.25, 0.3) is 0 Å². The van der Waals surface area contributed by atoms with Crippen molar-refractivity contribution < 1.29 is 4.79 Å². The van der Waals surface area contributed by atoms with Crippen LogP contribution in [0.4, 0.5) is 10.6 Å². The molecule has 122 valence electrons. The molecule has 0 unspecified atom stereocenters. The molecule has 2 N–H and O–H groups in total. The Kier molecular flexibility index (Phi) is 5.12. The molecule has 1 aliphatic heterocycles. The molecule has 0 saturated carbocycles. The molecule has 3 heterocycles. The highest BCUT2D eigenvalue weighted by Crippen LogP contribution is 2.23. The number of hydrogen-bond donors (Lipinski definition) is 2. The van der Waals surface area contributed by atoms with Crippen molar-refractivity contribution in [1.82, 2.24) is 15.2 Å². The molecule has 0 saturated heterocycles. The van der Waals surface area contributed by atoms with Gasteiger partial charge in [-0.15, -0.1) is 11.3 Å². The molecule has 0 aliphatic carbocycles. The predicted octanol–water partition coefficient (Wildman–Crippen LogP) is 3.02. The highest BCUT2D eigenvalue weighted by molar-refractivity contribution is 7.10. The number of amides is 2. The molecule has 0 aromatic carbocycles. The van der Waals surface area contributed by atoms with Crippen LogP contribution in [-0.4, -0.2) is 35.5 Å². The van der Waals surface area contributed by atoms with E-state index in [-0.39, 0.29) is 6.03 Å². The third-order valence-electron chi connectivity index (χ3n) is 3.94. The van der Waals surface area contributed by atoms with Crippen molar-refractivity contribution in [2.75, 3.05) is 25.0 Å². The van der Waals surface area contributed by atoms with Gasteiger partial charge in [0.05, 0.1) is 0 Å². The summed E-state index contributed by atoms with van der Waals surface area (Å²) in [5, 5.41) is 8.37. The molecule has 6 heteroatoms. The maximum absolute atomic E-state index is 12.2. The lowest BCUT2D eigenvalue weighted by Crippen LogP contribution is -2.42. The lowest BCUT2D eigenvalue weighted by atomic mass is 10.1. The van der Waals surface area contributed by atoms with Gasteiger partial charge in [-0.2, -0.15) is 0 Å². The first kappa shape index (κ1) is 15.8. The zero-order valence-electron chi connectivity index (χ0n) is 13.3. The molecule has 2 aromatic rings. The topological polar surface area (TPSA) is 57.3 Å². The first-order valence-corrected chi connectivity index (χ1v) is 8.85. The van der Waals surface area contributed by atoms with E-state index in [0.29, 0.717) is 6.54 Å². The van der Waals surface area contributed by atoms with Gasteiger partial charge in [0.15, 0.2) is 0 Å². The van der Waals surface area contributed by atoms with Crippen LogP contribution in [0.3, 0.4) is 0 Å². The van der Waals surface area contributed by atoms with Gasteiger partial charge >= 0.3 is 6.03 Å². The van der Waals surface area contributed by atoms with Gasteiger partial charge in [-0.3, -0.25) is 0 Å². The van der Waals surface area contributed by atoms with E-state index < -0.39 is 0 Å². The Labute approximate surface area is 140 Å². The largest absolute Gasteiger partial charge is 0.370 e. The number of thiophene rings is 1. The summed E-state index contributed by atoms with van der Waals surface area (Å²) in [6.45, 7) is 5.03. The SMILES string of the molecule is Cc1ccc(NCCCNC(=O)N2CCc3sccc3C2)nc1. The minimum Gasteiger partial charge on any atom is -0.370 e. The normalized spacial score (nSPS) is 13.5. The predicted molar refractivity (Wildman–Crippen MR) is 93.9 cm³/mol. The van der Waals surface area contributed by atoms with Gasteiger partial charge in [-0.05, 0) is 48.4 Å². The van der Waals surface area contributed by atoms with E-state index in [1.165, 1.54) is 10.4 Å². The molecule has 0 fully saturated rings. The zero-order chi connectivity index (χ0) is 16.1. The fourth-order valence-electron chi connectivity index (χ4n) is 2.61. The van der Waals surface area contributed by atoms with E-state index in [1.54, 1.807) is 11.3 Å². The molecule has 3 rings (SSSR count). The van der Waals surface area contributed by atoms with Crippen molar-refractivity contribution >= 4 is 23.2 Å². The fraction of sp³-hybridized carbons (Fsp3) is 0.412. The highest BCUT2D eigenvalue weighted by atomic mass is 32.1. The number of carbonyl (C=O) groups is 1. The second-order valence-corrected chi connectivity index (χ2v) is 6.77. The van der Waals surface area contributed by atoms with Crippen molar-refractivity contribution in [2.45, 2.75) is 26.3 Å². The maximum Gasteiger partial charge on any atom is 0.317 e. The fourth-order valence-corrected chi connectivity index (χ4v) is 3.50. The van der Waals surface area contributed by atoms with E-state index in [2.05, 4.69) is 27.1 Å². The summed E-state index contributed by atoms with van der Waals surface area (Å²) < 4.78 is 0. The van der Waals surface area contributed by atoms with Crippen LogP contribution in [0.1, 0.15) is 22.4 Å². The number of urea groups is 1. The van der Waals surface area contributed by atoms with Gasteiger partial charge in [0.1, 0.15) is 5.82 Å². The Morgan fingerprint density at radius 2 is 2.26 bits per heavy atom. The third-order valence-corrected chi connectivity index (χ3v) is 4.97. The summed E-state index contributed by atoms with van der Waals surface area (Å²) >= 11 is 1.79. The van der Waals surface area contributed by atoms with Crippen LogP contribution in [0, 0.1) is 6.92 Å². The minimum atomic E-state index is 0.0373. The lowest BCUT2D eigenvalue weighted by Gasteiger charge is -2.27. The van der Waals surface area contributed by atoms with Crippen molar-refractivity contribution in [3.05, 3.63) is 45.8 Å². The van der Waals surface area contributed by atoms with Gasteiger partial charge in [0.2, 0.25) is 0 Å². The Bertz CT molecular complexity index is 653. The number of pyridine rings is 1. The van der Waals surface area contributed by atoms with E-state index in [0.717, 1.165) is 43.9 Å². The Balaban J connectivity index is 1.34. The smallest absolute Gasteiger partial charge is 0.317 e. The molecule has 0 spiro atoms. The second kappa shape index (κ2) is 7.46. The molecule has 5 nitrogen and oxygen atoms in total. The molecule has 23 heavy (non-hydrogen) atoms. The Morgan fingerprint density at radius 3 is 3.09 bits per heavy atom. The van der Waals surface area contributed by atoms with Crippen LogP contribution in [0.5, 0.6) is 0 Å². The van der Waals surface area contributed by atoms with Crippen LogP contribution < -0.4 is 10.6 Å². The summed E-state index contributed by atoms with van der Waals surface area (Å²) in [6.07, 6.45) is 3.69. The summed E-state index contributed by atoms with van der Waals surface area (Å²) in [6, 6.07) is 6.17. The van der Waals surface area contributed by atoms with E-state index in [1.807, 2.05) is 30.2 Å². The number of aryl methyl sites for hydroxylation is 1. The molecule has 0 atom stereocenters. The third kappa shape index (κ3) is 4.22. The number of nitrogens with one attached hydrogen (secondary N) is 2. The molecule has 0 radical (unpaired) electrons. The van der Waals surface area contributed by atoms with Crippen molar-refractivity contribution in [3.8, 4) is 0 Å². The molecule has 2 amide bonds. The number of anilines is 1. The van der Waals surface area contributed by atoms with Crippen molar-refractivity contribution in [3.63, 3.8) is 0 Å². The van der Waals surface area contributed by atoms with Gasteiger partial charge < -0.3 is 15.5 Å². The molecule has 2 aromatic heterocycles. The average Bonchev–Trinajstić information content (AvgIpc) is 3.03.